The van der Waals surface area contributed by atoms with E-state index in [0.29, 0.717) is 11.4 Å². The second-order valence-electron chi connectivity index (χ2n) is 5.31. The van der Waals surface area contributed by atoms with E-state index < -0.39 is 23.6 Å². The van der Waals surface area contributed by atoms with Crippen LogP contribution in [0.25, 0.3) is 5.82 Å². The summed E-state index contributed by atoms with van der Waals surface area (Å²) >= 11 is 0. The number of carbonyl (C=O) groups excluding carboxylic acids is 3. The minimum absolute atomic E-state index is 0.0612. The van der Waals surface area contributed by atoms with Crippen molar-refractivity contribution in [3.63, 3.8) is 0 Å². The number of carbonyl (C=O) groups is 3. The number of imidazole rings is 1. The fraction of sp³-hybridized carbons (Fsp3) is 0.125. The summed E-state index contributed by atoms with van der Waals surface area (Å²) in [4.78, 5) is 47.8. The molecule has 2 amide bonds. The predicted molar refractivity (Wildman–Crippen MR) is 87.0 cm³/mol. The third-order valence-corrected chi connectivity index (χ3v) is 3.57. The summed E-state index contributed by atoms with van der Waals surface area (Å²) in [5.74, 6) is -2.23. The standard InChI is InChI=1S/C16H14N6O4/c17-15(24)14(23)11(5-10-2-4-26-7-10)21-16(25)12-6-19-9-22(12)13-1-3-18-8-20-13/h1-4,6-9,11H,5H2,(H2,17,24)(H,21,25). The average Bonchev–Trinajstić information content (AvgIpc) is 3.32. The number of hydrogen-bond donors (Lipinski definition) is 2. The molecule has 0 aliphatic carbocycles. The summed E-state index contributed by atoms with van der Waals surface area (Å²) in [6.45, 7) is 0. The Hall–Kier alpha value is -3.82. The Morgan fingerprint density at radius 3 is 2.77 bits per heavy atom. The lowest BCUT2D eigenvalue weighted by Gasteiger charge is -2.16. The number of nitrogens with zero attached hydrogens (tertiary/aromatic N) is 4. The van der Waals surface area contributed by atoms with E-state index >= 15 is 0 Å². The Kier molecular flexibility index (Phi) is 4.83. The molecule has 3 heterocycles. The zero-order valence-corrected chi connectivity index (χ0v) is 13.4. The van der Waals surface area contributed by atoms with Crippen molar-refractivity contribution in [1.82, 2.24) is 24.8 Å². The second kappa shape index (κ2) is 7.38. The van der Waals surface area contributed by atoms with Crippen molar-refractivity contribution in [3.8, 4) is 5.82 Å². The van der Waals surface area contributed by atoms with E-state index in [9.17, 15) is 14.4 Å². The van der Waals surface area contributed by atoms with Crippen LogP contribution in [0.3, 0.4) is 0 Å². The molecule has 0 saturated heterocycles. The number of ketones is 1. The number of rotatable bonds is 7. The van der Waals surface area contributed by atoms with E-state index in [1.807, 2.05) is 0 Å². The summed E-state index contributed by atoms with van der Waals surface area (Å²) in [5.41, 5.74) is 5.85. The zero-order valence-electron chi connectivity index (χ0n) is 13.4. The Bertz CT molecular complexity index is 919. The summed E-state index contributed by atoms with van der Waals surface area (Å²) in [6.07, 6.45) is 8.47. The molecule has 1 unspecified atom stereocenters. The highest BCUT2D eigenvalue weighted by atomic mass is 16.3. The van der Waals surface area contributed by atoms with E-state index in [1.165, 1.54) is 42.1 Å². The Morgan fingerprint density at radius 1 is 1.27 bits per heavy atom. The Labute approximate surface area is 147 Å². The molecule has 132 valence electrons. The van der Waals surface area contributed by atoms with E-state index in [1.54, 1.807) is 12.1 Å². The van der Waals surface area contributed by atoms with Crippen LogP contribution in [0.1, 0.15) is 16.1 Å². The fourth-order valence-corrected chi connectivity index (χ4v) is 2.33. The molecule has 0 radical (unpaired) electrons. The molecule has 0 spiro atoms. The van der Waals surface area contributed by atoms with Gasteiger partial charge in [-0.15, -0.1) is 0 Å². The lowest BCUT2D eigenvalue weighted by Crippen LogP contribution is -2.47. The van der Waals surface area contributed by atoms with Crippen LogP contribution in [-0.2, 0) is 16.0 Å². The molecular weight excluding hydrogens is 340 g/mol. The lowest BCUT2D eigenvalue weighted by atomic mass is 10.0. The van der Waals surface area contributed by atoms with Gasteiger partial charge in [-0.1, -0.05) is 0 Å². The first kappa shape index (κ1) is 17.0. The number of nitrogens with one attached hydrogen (secondary N) is 1. The van der Waals surface area contributed by atoms with Gasteiger partial charge in [-0.25, -0.2) is 15.0 Å². The molecule has 26 heavy (non-hydrogen) atoms. The van der Waals surface area contributed by atoms with Crippen molar-refractivity contribution < 1.29 is 18.8 Å². The monoisotopic (exact) mass is 354 g/mol. The fourth-order valence-electron chi connectivity index (χ4n) is 2.33. The van der Waals surface area contributed by atoms with Gasteiger partial charge in [0.2, 0.25) is 5.78 Å². The van der Waals surface area contributed by atoms with E-state index in [-0.39, 0.29) is 12.1 Å². The molecule has 3 aromatic rings. The highest BCUT2D eigenvalue weighted by Crippen LogP contribution is 2.10. The third kappa shape index (κ3) is 3.64. The van der Waals surface area contributed by atoms with Crippen molar-refractivity contribution in [2.24, 2.45) is 5.73 Å². The molecule has 10 nitrogen and oxygen atoms in total. The Morgan fingerprint density at radius 2 is 2.12 bits per heavy atom. The van der Waals surface area contributed by atoms with Crippen molar-refractivity contribution in [3.05, 3.63) is 61.0 Å². The van der Waals surface area contributed by atoms with Crippen molar-refractivity contribution in [1.29, 1.82) is 0 Å². The van der Waals surface area contributed by atoms with Gasteiger partial charge in [0.05, 0.1) is 18.7 Å². The number of furan rings is 1. The number of primary amides is 1. The molecule has 0 aliphatic rings. The van der Waals surface area contributed by atoms with E-state index in [2.05, 4.69) is 20.3 Å². The maximum absolute atomic E-state index is 12.6. The summed E-state index contributed by atoms with van der Waals surface area (Å²) in [5, 5.41) is 2.51. The van der Waals surface area contributed by atoms with Gasteiger partial charge < -0.3 is 15.5 Å². The smallest absolute Gasteiger partial charge is 0.287 e. The van der Waals surface area contributed by atoms with Crippen LogP contribution in [0.4, 0.5) is 0 Å². The molecule has 0 aromatic carbocycles. The molecule has 0 fully saturated rings. The molecule has 1 atom stereocenters. The first-order valence-electron chi connectivity index (χ1n) is 7.50. The van der Waals surface area contributed by atoms with Crippen molar-refractivity contribution >= 4 is 17.6 Å². The minimum atomic E-state index is -1.14. The second-order valence-corrected chi connectivity index (χ2v) is 5.31. The first-order chi connectivity index (χ1) is 12.6. The zero-order chi connectivity index (χ0) is 18.5. The van der Waals surface area contributed by atoms with Gasteiger partial charge in [0.25, 0.3) is 11.8 Å². The number of amides is 2. The average molecular weight is 354 g/mol. The van der Waals surface area contributed by atoms with Crippen molar-refractivity contribution in [2.45, 2.75) is 12.5 Å². The normalized spacial score (nSPS) is 11.7. The summed E-state index contributed by atoms with van der Waals surface area (Å²) < 4.78 is 6.37. The number of Topliss-reactive ketones (excluding diaryl/α,β-unsaturated/α-hetero) is 1. The van der Waals surface area contributed by atoms with E-state index in [0.717, 1.165) is 0 Å². The van der Waals surface area contributed by atoms with Gasteiger partial charge in [0, 0.05) is 12.6 Å². The summed E-state index contributed by atoms with van der Waals surface area (Å²) in [6, 6.07) is 2.08. The first-order valence-corrected chi connectivity index (χ1v) is 7.50. The molecule has 3 N–H and O–H groups in total. The van der Waals surface area contributed by atoms with Gasteiger partial charge in [-0.2, -0.15) is 0 Å². The molecule has 3 aromatic heterocycles. The molecule has 0 saturated carbocycles. The van der Waals surface area contributed by atoms with Crippen LogP contribution >= 0.6 is 0 Å². The van der Waals surface area contributed by atoms with Gasteiger partial charge in [0.1, 0.15) is 30.2 Å². The molecular formula is C16H14N6O4. The van der Waals surface area contributed by atoms with Crippen LogP contribution < -0.4 is 11.1 Å². The van der Waals surface area contributed by atoms with E-state index in [4.69, 9.17) is 10.2 Å². The predicted octanol–water partition coefficient (Wildman–Crippen LogP) is -0.349. The van der Waals surface area contributed by atoms with Crippen LogP contribution in [0.2, 0.25) is 0 Å². The maximum atomic E-state index is 12.6. The quantitative estimate of drug-likeness (QED) is 0.551. The van der Waals surface area contributed by atoms with Gasteiger partial charge in [-0.05, 0) is 17.7 Å². The highest BCUT2D eigenvalue weighted by Gasteiger charge is 2.27. The maximum Gasteiger partial charge on any atom is 0.287 e. The molecule has 0 bridgehead atoms. The van der Waals surface area contributed by atoms with Gasteiger partial charge in [-0.3, -0.25) is 19.0 Å². The summed E-state index contributed by atoms with van der Waals surface area (Å²) in [7, 11) is 0. The van der Waals surface area contributed by atoms with Crippen LogP contribution in [0.15, 0.2) is 54.1 Å². The van der Waals surface area contributed by atoms with Crippen LogP contribution in [0, 0.1) is 0 Å². The molecule has 10 heteroatoms. The Balaban J connectivity index is 1.83. The number of hydrogen-bond acceptors (Lipinski definition) is 7. The highest BCUT2D eigenvalue weighted by molar-refractivity contribution is 6.38. The molecule has 3 rings (SSSR count). The minimum Gasteiger partial charge on any atom is -0.472 e. The van der Waals surface area contributed by atoms with Crippen molar-refractivity contribution in [2.75, 3.05) is 0 Å². The van der Waals surface area contributed by atoms with Crippen LogP contribution in [-0.4, -0.2) is 43.2 Å². The van der Waals surface area contributed by atoms with Crippen LogP contribution in [0.5, 0.6) is 0 Å². The largest absolute Gasteiger partial charge is 0.472 e. The third-order valence-electron chi connectivity index (χ3n) is 3.57. The number of aromatic nitrogens is 4. The van der Waals surface area contributed by atoms with Gasteiger partial charge >= 0.3 is 0 Å². The van der Waals surface area contributed by atoms with Gasteiger partial charge in [0.15, 0.2) is 0 Å². The molecule has 0 aliphatic heterocycles. The SMILES string of the molecule is NC(=O)C(=O)C(Cc1ccoc1)NC(=O)c1cncn1-c1ccncn1. The topological polar surface area (TPSA) is 146 Å². The lowest BCUT2D eigenvalue weighted by molar-refractivity contribution is -0.137. The number of nitrogens with two attached hydrogens (primary N) is 1.